The van der Waals surface area contributed by atoms with Crippen LogP contribution >= 0.6 is 11.6 Å². The second-order valence-electron chi connectivity index (χ2n) is 10.1. The Kier molecular flexibility index (Phi) is 6.41. The van der Waals surface area contributed by atoms with E-state index in [9.17, 15) is 14.0 Å². The van der Waals surface area contributed by atoms with Gasteiger partial charge in [0.05, 0.1) is 17.7 Å². The van der Waals surface area contributed by atoms with E-state index in [1.165, 1.54) is 6.07 Å². The zero-order valence-corrected chi connectivity index (χ0v) is 21.4. The minimum Gasteiger partial charge on any atom is -0.464 e. The van der Waals surface area contributed by atoms with Gasteiger partial charge in [0.1, 0.15) is 17.4 Å². The summed E-state index contributed by atoms with van der Waals surface area (Å²) in [7, 11) is 0. The lowest BCUT2D eigenvalue weighted by Gasteiger charge is -2.27. The number of carbonyl (C=O) groups is 2. The number of hydrogen-bond acceptors (Lipinski definition) is 4. The number of hydrogen-bond donors (Lipinski definition) is 2. The molecule has 38 heavy (non-hydrogen) atoms. The highest BCUT2D eigenvalue weighted by atomic mass is 35.5. The molecule has 1 saturated carbocycles. The molecule has 3 N–H and O–H groups in total. The van der Waals surface area contributed by atoms with E-state index in [0.717, 1.165) is 39.6 Å². The van der Waals surface area contributed by atoms with Crippen molar-refractivity contribution in [2.45, 2.75) is 44.4 Å². The van der Waals surface area contributed by atoms with Gasteiger partial charge in [-0.05, 0) is 59.7 Å². The topological polar surface area (TPSA) is 88.6 Å². The number of carbonyl (C=O) groups excluding carboxylic acids is 2. The first-order valence-electron chi connectivity index (χ1n) is 12.7. The van der Waals surface area contributed by atoms with Gasteiger partial charge in [0.15, 0.2) is 0 Å². The predicted molar refractivity (Wildman–Crippen MR) is 144 cm³/mol. The highest BCUT2D eigenvalue weighted by Crippen LogP contribution is 2.48. The molecular weight excluding hydrogens is 505 g/mol. The summed E-state index contributed by atoms with van der Waals surface area (Å²) in [4.78, 5) is 28.4. The highest BCUT2D eigenvalue weighted by Gasteiger charge is 2.55. The Morgan fingerprint density at radius 2 is 1.89 bits per heavy atom. The fourth-order valence-corrected chi connectivity index (χ4v) is 5.78. The molecule has 2 fully saturated rings. The number of nitrogens with zero attached hydrogens (tertiary/aromatic N) is 1. The monoisotopic (exact) mass is 531 g/mol. The Labute approximate surface area is 224 Å². The number of piperidine rings is 1. The molecule has 0 radical (unpaired) electrons. The summed E-state index contributed by atoms with van der Waals surface area (Å²) in [6.45, 7) is 0.480. The molecule has 1 aromatic heterocycles. The summed E-state index contributed by atoms with van der Waals surface area (Å²) < 4.78 is 20.0. The quantitative estimate of drug-likeness (QED) is 0.343. The van der Waals surface area contributed by atoms with E-state index in [0.29, 0.717) is 24.4 Å². The van der Waals surface area contributed by atoms with Gasteiger partial charge in [-0.3, -0.25) is 9.59 Å². The molecule has 3 atom stereocenters. The molecule has 0 spiro atoms. The van der Waals surface area contributed by atoms with Crippen LogP contribution in [0.3, 0.4) is 0 Å². The molecule has 1 saturated heterocycles. The molecule has 194 valence electrons. The maximum atomic E-state index is 14.3. The largest absolute Gasteiger partial charge is 0.464 e. The number of furan rings is 1. The van der Waals surface area contributed by atoms with Crippen molar-refractivity contribution in [3.63, 3.8) is 0 Å². The van der Waals surface area contributed by atoms with Crippen molar-refractivity contribution in [3.8, 4) is 11.1 Å². The third-order valence-corrected chi connectivity index (χ3v) is 7.94. The lowest BCUT2D eigenvalue weighted by Crippen LogP contribution is -2.48. The maximum absolute atomic E-state index is 14.3. The summed E-state index contributed by atoms with van der Waals surface area (Å²) in [5.41, 5.74) is 10.6. The van der Waals surface area contributed by atoms with Crippen molar-refractivity contribution in [3.05, 3.63) is 94.5 Å². The number of amides is 2. The minimum absolute atomic E-state index is 0.0138. The molecule has 8 heteroatoms. The smallest absolute Gasteiger partial charge is 0.243 e. The average Bonchev–Trinajstić information content (AvgIpc) is 3.33. The second kappa shape index (κ2) is 9.89. The van der Waals surface area contributed by atoms with Crippen LogP contribution in [0.4, 0.5) is 4.39 Å². The van der Waals surface area contributed by atoms with E-state index < -0.39 is 11.9 Å². The molecule has 2 amide bonds. The van der Waals surface area contributed by atoms with E-state index >= 15 is 0 Å². The van der Waals surface area contributed by atoms with Crippen LogP contribution in [0, 0.1) is 11.7 Å². The zero-order chi connectivity index (χ0) is 26.4. The van der Waals surface area contributed by atoms with E-state index in [4.69, 9.17) is 21.8 Å². The molecule has 1 aliphatic carbocycles. The number of nitrogens with two attached hydrogens (primary N) is 1. The van der Waals surface area contributed by atoms with Gasteiger partial charge in [-0.25, -0.2) is 4.39 Å². The van der Waals surface area contributed by atoms with Gasteiger partial charge in [-0.2, -0.15) is 0 Å². The van der Waals surface area contributed by atoms with Crippen LogP contribution < -0.4 is 11.1 Å². The molecule has 4 aromatic rings. The Balaban J connectivity index is 1.21. The average molecular weight is 532 g/mol. The molecule has 1 unspecified atom stereocenters. The van der Waals surface area contributed by atoms with Gasteiger partial charge in [0.2, 0.25) is 11.8 Å². The lowest BCUT2D eigenvalue weighted by atomic mass is 9.98. The number of benzene rings is 3. The summed E-state index contributed by atoms with van der Waals surface area (Å²) >= 11 is 5.86. The van der Waals surface area contributed by atoms with Crippen molar-refractivity contribution in [1.29, 1.82) is 0 Å². The van der Waals surface area contributed by atoms with Crippen LogP contribution in [-0.2, 0) is 29.1 Å². The van der Waals surface area contributed by atoms with Crippen molar-refractivity contribution >= 4 is 34.4 Å². The SMILES string of the molecule is NCc1ccc(-c2cc(CC(=O)N3C4C[C@@H]4C[C@H]3C(=O)NCc3cccc(Cl)c3F)cc3ccoc23)cc1. The molecule has 6 rings (SSSR count). The van der Waals surface area contributed by atoms with Gasteiger partial charge < -0.3 is 20.4 Å². The second-order valence-corrected chi connectivity index (χ2v) is 10.5. The standard InChI is InChI=1S/C30H27ClFN3O3/c31-24-3-1-2-21(28(24)32)16-34-30(37)26-14-22-13-25(22)35(26)27(36)12-18-10-20-8-9-38-29(20)23(11-18)19-6-4-17(15-33)5-7-19/h1-11,22,25-26H,12-16,33H2,(H,34,37)/t22-,25?,26+/m1/s1. The first-order chi connectivity index (χ1) is 18.4. The highest BCUT2D eigenvalue weighted by molar-refractivity contribution is 6.30. The van der Waals surface area contributed by atoms with Gasteiger partial charge >= 0.3 is 0 Å². The third kappa shape index (κ3) is 4.57. The Hall–Kier alpha value is -3.68. The molecule has 2 heterocycles. The summed E-state index contributed by atoms with van der Waals surface area (Å²) in [5, 5.41) is 3.73. The molecule has 0 bridgehead atoms. The fourth-order valence-electron chi connectivity index (χ4n) is 5.58. The lowest BCUT2D eigenvalue weighted by molar-refractivity contribution is -0.139. The predicted octanol–water partition coefficient (Wildman–Crippen LogP) is 5.20. The third-order valence-electron chi connectivity index (χ3n) is 7.65. The minimum atomic E-state index is -0.561. The van der Waals surface area contributed by atoms with Crippen molar-refractivity contribution in [2.24, 2.45) is 11.7 Å². The first kappa shape index (κ1) is 24.6. The van der Waals surface area contributed by atoms with E-state index in [1.54, 1.807) is 23.3 Å². The van der Waals surface area contributed by atoms with Crippen molar-refractivity contribution < 1.29 is 18.4 Å². The van der Waals surface area contributed by atoms with E-state index in [1.807, 2.05) is 42.5 Å². The molecule has 6 nitrogen and oxygen atoms in total. The van der Waals surface area contributed by atoms with Crippen molar-refractivity contribution in [1.82, 2.24) is 10.2 Å². The Morgan fingerprint density at radius 1 is 1.08 bits per heavy atom. The van der Waals surface area contributed by atoms with Crippen LogP contribution in [-0.4, -0.2) is 28.8 Å². The van der Waals surface area contributed by atoms with Gasteiger partial charge in [-0.1, -0.05) is 48.0 Å². The van der Waals surface area contributed by atoms with Gasteiger partial charge in [-0.15, -0.1) is 0 Å². The summed E-state index contributed by atoms with van der Waals surface area (Å²) in [5.74, 6) is -0.558. The van der Waals surface area contributed by atoms with Gasteiger partial charge in [0.25, 0.3) is 0 Å². The van der Waals surface area contributed by atoms with E-state index in [-0.39, 0.29) is 35.8 Å². The number of halogens is 2. The number of rotatable bonds is 7. The Morgan fingerprint density at radius 3 is 2.68 bits per heavy atom. The van der Waals surface area contributed by atoms with Crippen LogP contribution in [0.15, 0.2) is 71.3 Å². The van der Waals surface area contributed by atoms with Crippen LogP contribution in [0.25, 0.3) is 22.1 Å². The van der Waals surface area contributed by atoms with Crippen LogP contribution in [0.5, 0.6) is 0 Å². The van der Waals surface area contributed by atoms with E-state index in [2.05, 4.69) is 5.32 Å². The summed E-state index contributed by atoms with van der Waals surface area (Å²) in [6, 6.07) is 18.0. The molecular formula is C30H27ClFN3O3. The molecule has 1 aliphatic heterocycles. The zero-order valence-electron chi connectivity index (χ0n) is 20.6. The van der Waals surface area contributed by atoms with Gasteiger partial charge in [0, 0.05) is 35.6 Å². The Bertz CT molecular complexity index is 1530. The number of nitrogens with one attached hydrogen (secondary N) is 1. The maximum Gasteiger partial charge on any atom is 0.243 e. The number of fused-ring (bicyclic) bond motifs is 2. The number of likely N-dealkylation sites (tertiary alicyclic amines) is 1. The normalized spacial score (nSPS) is 20.0. The summed E-state index contributed by atoms with van der Waals surface area (Å²) in [6.07, 6.45) is 3.36. The molecule has 2 aliphatic rings. The van der Waals surface area contributed by atoms with Crippen molar-refractivity contribution in [2.75, 3.05) is 0 Å². The van der Waals surface area contributed by atoms with Crippen LogP contribution in [0.2, 0.25) is 5.02 Å². The van der Waals surface area contributed by atoms with Crippen LogP contribution in [0.1, 0.15) is 29.5 Å². The first-order valence-corrected chi connectivity index (χ1v) is 13.1. The fraction of sp³-hybridized carbons (Fsp3) is 0.267. The molecule has 3 aromatic carbocycles.